The van der Waals surface area contributed by atoms with Crippen molar-refractivity contribution in [2.24, 2.45) is 0 Å². The Bertz CT molecular complexity index is 444. The first-order chi connectivity index (χ1) is 8.22. The lowest BCUT2D eigenvalue weighted by Gasteiger charge is -2.37. The van der Waals surface area contributed by atoms with Crippen LogP contribution in [0.2, 0.25) is 0 Å². The van der Waals surface area contributed by atoms with E-state index < -0.39 is 0 Å². The second-order valence-corrected chi connectivity index (χ2v) is 5.31. The van der Waals surface area contributed by atoms with E-state index in [0.717, 1.165) is 6.42 Å². The Morgan fingerprint density at radius 1 is 1.35 bits per heavy atom. The third-order valence-corrected chi connectivity index (χ3v) is 4.40. The Morgan fingerprint density at radius 3 is 2.94 bits per heavy atom. The van der Waals surface area contributed by atoms with Crippen molar-refractivity contribution in [1.82, 2.24) is 9.21 Å². The summed E-state index contributed by atoms with van der Waals surface area (Å²) in [4.78, 5) is 26.1. The smallest absolute Gasteiger partial charge is 0.256 e. The standard InChI is InChI=1S/C12H14N2O2S/c1-17-13-7-11(15)14-9-5-3-2-4-8(9)6-10(14)12(13)16/h2-4,9-10H,5-7H2,1H3. The quantitative estimate of drug-likeness (QED) is 0.651. The Labute approximate surface area is 104 Å². The van der Waals surface area contributed by atoms with E-state index in [4.69, 9.17) is 0 Å². The number of carbonyl (C=O) groups excluding carboxylic acids is 2. The van der Waals surface area contributed by atoms with E-state index in [-0.39, 0.29) is 30.4 Å². The van der Waals surface area contributed by atoms with Gasteiger partial charge in [-0.1, -0.05) is 30.2 Å². The minimum atomic E-state index is -0.264. The van der Waals surface area contributed by atoms with Gasteiger partial charge >= 0.3 is 0 Å². The second-order valence-electron chi connectivity index (χ2n) is 4.50. The summed E-state index contributed by atoms with van der Waals surface area (Å²) in [7, 11) is 0. The molecule has 2 aliphatic heterocycles. The van der Waals surface area contributed by atoms with E-state index in [1.165, 1.54) is 17.5 Å². The number of amides is 2. The van der Waals surface area contributed by atoms with Gasteiger partial charge in [-0.15, -0.1) is 0 Å². The topological polar surface area (TPSA) is 40.6 Å². The Hall–Kier alpha value is -1.23. The van der Waals surface area contributed by atoms with Gasteiger partial charge in [0, 0.05) is 12.7 Å². The van der Waals surface area contributed by atoms with Gasteiger partial charge in [-0.05, 0) is 12.0 Å². The number of fused-ring (bicyclic) bond motifs is 3. The van der Waals surface area contributed by atoms with E-state index in [0.29, 0.717) is 6.42 Å². The lowest BCUT2D eigenvalue weighted by molar-refractivity contribution is -0.150. The monoisotopic (exact) mass is 250 g/mol. The molecule has 2 fully saturated rings. The van der Waals surface area contributed by atoms with Crippen molar-refractivity contribution in [3.05, 3.63) is 23.8 Å². The normalized spacial score (nSPS) is 31.5. The highest BCUT2D eigenvalue weighted by molar-refractivity contribution is 7.96. The van der Waals surface area contributed by atoms with Gasteiger partial charge in [0.15, 0.2) is 0 Å². The first-order valence-corrected chi connectivity index (χ1v) is 6.93. The molecule has 5 heteroatoms. The van der Waals surface area contributed by atoms with Gasteiger partial charge in [0.1, 0.15) is 12.6 Å². The minimum absolute atomic E-state index is 0.0763. The molecule has 0 radical (unpaired) electrons. The number of carbonyl (C=O) groups is 2. The van der Waals surface area contributed by atoms with Gasteiger partial charge in [0.2, 0.25) is 5.91 Å². The zero-order valence-corrected chi connectivity index (χ0v) is 10.4. The molecule has 2 atom stereocenters. The van der Waals surface area contributed by atoms with Crippen molar-refractivity contribution in [3.63, 3.8) is 0 Å². The third-order valence-electron chi connectivity index (χ3n) is 3.65. The molecule has 0 saturated carbocycles. The van der Waals surface area contributed by atoms with Crippen molar-refractivity contribution >= 4 is 23.8 Å². The molecule has 3 aliphatic rings. The van der Waals surface area contributed by atoms with Gasteiger partial charge in [-0.2, -0.15) is 0 Å². The van der Waals surface area contributed by atoms with Crippen LogP contribution in [0.5, 0.6) is 0 Å². The molecule has 2 heterocycles. The van der Waals surface area contributed by atoms with Crippen LogP contribution in [-0.2, 0) is 9.59 Å². The molecule has 0 aromatic rings. The van der Waals surface area contributed by atoms with Crippen molar-refractivity contribution in [2.45, 2.75) is 24.9 Å². The number of allylic oxidation sites excluding steroid dienone is 2. The number of rotatable bonds is 1. The summed E-state index contributed by atoms with van der Waals surface area (Å²) in [5, 5.41) is 0. The number of hydrogen-bond donors (Lipinski definition) is 0. The van der Waals surface area contributed by atoms with Crippen LogP contribution in [0.4, 0.5) is 0 Å². The minimum Gasteiger partial charge on any atom is -0.322 e. The van der Waals surface area contributed by atoms with Crippen molar-refractivity contribution < 1.29 is 9.59 Å². The molecular formula is C12H14N2O2S. The van der Waals surface area contributed by atoms with Crippen LogP contribution in [0.1, 0.15) is 12.8 Å². The maximum atomic E-state index is 12.2. The summed E-state index contributed by atoms with van der Waals surface area (Å²) in [5.41, 5.74) is 1.22. The highest BCUT2D eigenvalue weighted by Crippen LogP contribution is 2.37. The average Bonchev–Trinajstić information content (AvgIpc) is 2.73. The fourth-order valence-corrected chi connectivity index (χ4v) is 3.39. The van der Waals surface area contributed by atoms with Gasteiger partial charge in [-0.3, -0.25) is 13.9 Å². The molecule has 2 amide bonds. The van der Waals surface area contributed by atoms with Crippen LogP contribution in [-0.4, -0.2) is 45.9 Å². The van der Waals surface area contributed by atoms with Crippen LogP contribution < -0.4 is 0 Å². The highest BCUT2D eigenvalue weighted by atomic mass is 32.2. The fraction of sp³-hybridized carbons (Fsp3) is 0.500. The zero-order chi connectivity index (χ0) is 12.0. The van der Waals surface area contributed by atoms with Crippen molar-refractivity contribution in [1.29, 1.82) is 0 Å². The summed E-state index contributed by atoms with van der Waals surface area (Å²) >= 11 is 1.34. The lowest BCUT2D eigenvalue weighted by Crippen LogP contribution is -2.57. The van der Waals surface area contributed by atoms with E-state index >= 15 is 0 Å². The van der Waals surface area contributed by atoms with Crippen LogP contribution in [0.3, 0.4) is 0 Å². The van der Waals surface area contributed by atoms with Gasteiger partial charge in [0.25, 0.3) is 5.91 Å². The van der Waals surface area contributed by atoms with Crippen LogP contribution >= 0.6 is 11.9 Å². The van der Waals surface area contributed by atoms with E-state index in [2.05, 4.69) is 12.2 Å². The van der Waals surface area contributed by atoms with Gasteiger partial charge in [-0.25, -0.2) is 0 Å². The summed E-state index contributed by atoms with van der Waals surface area (Å²) in [6.07, 6.45) is 9.53. The molecule has 0 N–H and O–H groups in total. The number of piperazine rings is 1. The molecule has 17 heavy (non-hydrogen) atoms. The summed E-state index contributed by atoms with van der Waals surface area (Å²) in [6.45, 7) is 0.212. The first-order valence-electron chi connectivity index (χ1n) is 5.74. The molecule has 2 saturated heterocycles. The van der Waals surface area contributed by atoms with E-state index in [1.807, 2.05) is 12.3 Å². The Kier molecular flexibility index (Phi) is 2.50. The SMILES string of the molecule is CSN1CC(=O)N2C(CC3=CC=CCC32)C1=O. The molecule has 1 aliphatic carbocycles. The molecule has 0 spiro atoms. The summed E-state index contributed by atoms with van der Waals surface area (Å²) in [5.74, 6) is 0.153. The molecule has 4 nitrogen and oxygen atoms in total. The molecule has 0 aromatic carbocycles. The lowest BCUT2D eigenvalue weighted by atomic mass is 9.99. The van der Waals surface area contributed by atoms with Gasteiger partial charge in [0.05, 0.1) is 6.04 Å². The molecule has 0 aromatic heterocycles. The molecule has 3 rings (SSSR count). The highest BCUT2D eigenvalue weighted by Gasteiger charge is 2.48. The molecular weight excluding hydrogens is 236 g/mol. The number of hydrogen-bond acceptors (Lipinski definition) is 3. The van der Waals surface area contributed by atoms with Crippen molar-refractivity contribution in [3.8, 4) is 0 Å². The predicted molar refractivity (Wildman–Crippen MR) is 66.1 cm³/mol. The maximum absolute atomic E-state index is 12.2. The first kappa shape index (κ1) is 10.9. The van der Waals surface area contributed by atoms with Crippen LogP contribution in [0.25, 0.3) is 0 Å². The van der Waals surface area contributed by atoms with Crippen molar-refractivity contribution in [2.75, 3.05) is 12.8 Å². The van der Waals surface area contributed by atoms with Crippen LogP contribution in [0, 0.1) is 0 Å². The summed E-state index contributed by atoms with van der Waals surface area (Å²) in [6, 6.07) is -0.134. The zero-order valence-electron chi connectivity index (χ0n) is 9.63. The third kappa shape index (κ3) is 1.52. The average molecular weight is 250 g/mol. The molecule has 90 valence electrons. The van der Waals surface area contributed by atoms with E-state index in [1.54, 1.807) is 9.21 Å². The Morgan fingerprint density at radius 2 is 2.18 bits per heavy atom. The fourth-order valence-electron chi connectivity index (χ4n) is 2.85. The second kappa shape index (κ2) is 3.91. The largest absolute Gasteiger partial charge is 0.322 e. The maximum Gasteiger partial charge on any atom is 0.256 e. The number of nitrogens with zero attached hydrogens (tertiary/aromatic N) is 2. The van der Waals surface area contributed by atoms with Gasteiger partial charge < -0.3 is 4.90 Å². The predicted octanol–water partition coefficient (Wildman–Crippen LogP) is 0.962. The molecule has 0 bridgehead atoms. The van der Waals surface area contributed by atoms with Crippen LogP contribution in [0.15, 0.2) is 23.8 Å². The summed E-state index contributed by atoms with van der Waals surface area (Å²) < 4.78 is 1.58. The van der Waals surface area contributed by atoms with E-state index in [9.17, 15) is 9.59 Å². The Balaban J connectivity index is 1.94. The molecule has 2 unspecified atom stereocenters.